The maximum atomic E-state index is 10.8. The van der Waals surface area contributed by atoms with E-state index in [0.717, 1.165) is 19.3 Å². The van der Waals surface area contributed by atoms with Crippen LogP contribution in [0.1, 0.15) is 26.2 Å². The molecule has 0 radical (unpaired) electrons. The van der Waals surface area contributed by atoms with E-state index in [2.05, 4.69) is 0 Å². The summed E-state index contributed by atoms with van der Waals surface area (Å²) in [7, 11) is 0. The van der Waals surface area contributed by atoms with Crippen molar-refractivity contribution in [3.05, 3.63) is 0 Å². The van der Waals surface area contributed by atoms with Crippen molar-refractivity contribution in [1.82, 2.24) is 0 Å². The second-order valence-corrected chi connectivity index (χ2v) is 4.29. The van der Waals surface area contributed by atoms with Gasteiger partial charge in [0.2, 0.25) is 5.24 Å². The van der Waals surface area contributed by atoms with Gasteiger partial charge in [0.15, 0.2) is 0 Å². The van der Waals surface area contributed by atoms with Crippen LogP contribution in [0.4, 0.5) is 0 Å². The first-order valence-electron chi connectivity index (χ1n) is 3.94. The molecular weight excluding hydrogens is 183 g/mol. The average Bonchev–Trinajstić information content (AvgIpc) is 1.85. The molecule has 0 aromatic carbocycles. The minimum absolute atomic E-state index is 0.0478. The van der Waals surface area contributed by atoms with E-state index in [1.165, 1.54) is 0 Å². The smallest absolute Gasteiger partial charge is 0.224 e. The summed E-state index contributed by atoms with van der Waals surface area (Å²) in [6.07, 6.45) is 2.71. The lowest BCUT2D eigenvalue weighted by atomic mass is 9.81. The molecule has 64 valence electrons. The molecule has 1 aliphatic carbocycles. The molecule has 0 unspecified atom stereocenters. The first kappa shape index (κ1) is 9.34. The minimum Gasteiger partial charge on any atom is -0.281 e. The van der Waals surface area contributed by atoms with E-state index in [1.54, 1.807) is 0 Å². The van der Waals surface area contributed by atoms with Gasteiger partial charge in [0, 0.05) is 11.3 Å². The van der Waals surface area contributed by atoms with Crippen LogP contribution in [0, 0.1) is 11.8 Å². The van der Waals surface area contributed by atoms with Crippen LogP contribution in [0.15, 0.2) is 0 Å². The fourth-order valence-electron chi connectivity index (χ4n) is 1.67. The lowest BCUT2D eigenvalue weighted by Crippen LogP contribution is -2.26. The minimum atomic E-state index is -0.193. The molecule has 0 aromatic rings. The summed E-state index contributed by atoms with van der Waals surface area (Å²) in [6.45, 7) is 2.04. The van der Waals surface area contributed by atoms with Crippen molar-refractivity contribution in [2.45, 2.75) is 31.6 Å². The summed E-state index contributed by atoms with van der Waals surface area (Å²) in [6, 6.07) is 0. The van der Waals surface area contributed by atoms with Crippen LogP contribution in [-0.2, 0) is 4.79 Å². The molecule has 1 fully saturated rings. The van der Waals surface area contributed by atoms with E-state index in [0.29, 0.717) is 5.92 Å². The van der Waals surface area contributed by atoms with Gasteiger partial charge in [-0.3, -0.25) is 4.79 Å². The first-order chi connectivity index (χ1) is 5.11. The van der Waals surface area contributed by atoms with Crippen molar-refractivity contribution in [2.75, 3.05) is 0 Å². The summed E-state index contributed by atoms with van der Waals surface area (Å²) in [5.41, 5.74) is 0. The molecule has 1 rings (SSSR count). The monoisotopic (exact) mass is 194 g/mol. The Hall–Kier alpha value is 0.250. The standard InChI is InChI=1S/C8H12Cl2O/c1-5-4-6(9)2-3-7(5)8(10)11/h5-7H,2-4H2,1H3/t5-,6-,7-/m0/s1. The molecule has 0 aromatic heterocycles. The van der Waals surface area contributed by atoms with Gasteiger partial charge in [-0.25, -0.2) is 0 Å². The topological polar surface area (TPSA) is 17.1 Å². The molecule has 11 heavy (non-hydrogen) atoms. The predicted octanol–water partition coefficient (Wildman–Crippen LogP) is 2.80. The summed E-state index contributed by atoms with van der Waals surface area (Å²) in [4.78, 5) is 10.8. The molecule has 1 saturated carbocycles. The van der Waals surface area contributed by atoms with Gasteiger partial charge in [-0.05, 0) is 36.8 Å². The van der Waals surface area contributed by atoms with Crippen molar-refractivity contribution in [1.29, 1.82) is 0 Å². The highest BCUT2D eigenvalue weighted by atomic mass is 35.5. The van der Waals surface area contributed by atoms with Crippen LogP contribution in [0.2, 0.25) is 0 Å². The molecule has 3 heteroatoms. The van der Waals surface area contributed by atoms with Crippen molar-refractivity contribution in [2.24, 2.45) is 11.8 Å². The Morgan fingerprint density at radius 2 is 2.09 bits per heavy atom. The molecule has 0 bridgehead atoms. The SMILES string of the molecule is C[C@H]1C[C@@H](Cl)CC[C@@H]1C(=O)Cl. The summed E-state index contributed by atoms with van der Waals surface area (Å²) < 4.78 is 0. The second kappa shape index (κ2) is 3.77. The maximum Gasteiger partial charge on any atom is 0.224 e. The van der Waals surface area contributed by atoms with Gasteiger partial charge in [-0.1, -0.05) is 6.92 Å². The third kappa shape index (κ3) is 2.34. The molecule has 0 N–H and O–H groups in total. The largest absolute Gasteiger partial charge is 0.281 e. The van der Waals surface area contributed by atoms with Crippen LogP contribution in [0.3, 0.4) is 0 Å². The fourth-order valence-corrected chi connectivity index (χ4v) is 2.40. The molecule has 0 aliphatic heterocycles. The molecule has 1 aliphatic rings. The van der Waals surface area contributed by atoms with Crippen molar-refractivity contribution in [3.63, 3.8) is 0 Å². The van der Waals surface area contributed by atoms with Crippen LogP contribution in [0.5, 0.6) is 0 Å². The van der Waals surface area contributed by atoms with Gasteiger partial charge in [-0.2, -0.15) is 0 Å². The Kier molecular flexibility index (Phi) is 3.20. The number of hydrogen-bond donors (Lipinski definition) is 0. The van der Waals surface area contributed by atoms with Crippen molar-refractivity contribution >= 4 is 28.4 Å². The lowest BCUT2D eigenvalue weighted by molar-refractivity contribution is -0.117. The zero-order chi connectivity index (χ0) is 8.43. The molecule has 0 spiro atoms. The van der Waals surface area contributed by atoms with Gasteiger partial charge in [0.1, 0.15) is 0 Å². The van der Waals surface area contributed by atoms with Crippen LogP contribution >= 0.6 is 23.2 Å². The van der Waals surface area contributed by atoms with Gasteiger partial charge in [0.25, 0.3) is 0 Å². The molecule has 0 saturated heterocycles. The molecule has 3 atom stereocenters. The fraction of sp³-hybridized carbons (Fsp3) is 0.875. The van der Waals surface area contributed by atoms with E-state index in [-0.39, 0.29) is 16.5 Å². The van der Waals surface area contributed by atoms with Crippen LogP contribution in [0.25, 0.3) is 0 Å². The number of carbonyl (C=O) groups excluding carboxylic acids is 1. The van der Waals surface area contributed by atoms with E-state index < -0.39 is 0 Å². The van der Waals surface area contributed by atoms with E-state index in [1.807, 2.05) is 6.92 Å². The highest BCUT2D eigenvalue weighted by molar-refractivity contribution is 6.64. The number of hydrogen-bond acceptors (Lipinski definition) is 1. The number of rotatable bonds is 1. The Morgan fingerprint density at radius 3 is 2.55 bits per heavy atom. The zero-order valence-corrected chi connectivity index (χ0v) is 8.03. The van der Waals surface area contributed by atoms with Crippen molar-refractivity contribution in [3.8, 4) is 0 Å². The summed E-state index contributed by atoms with van der Waals surface area (Å²) in [5.74, 6) is 0.405. The first-order valence-corrected chi connectivity index (χ1v) is 4.76. The normalized spacial score (nSPS) is 38.6. The van der Waals surface area contributed by atoms with Gasteiger partial charge < -0.3 is 0 Å². The Morgan fingerprint density at radius 1 is 1.45 bits per heavy atom. The number of halogens is 2. The van der Waals surface area contributed by atoms with Gasteiger partial charge in [0.05, 0.1) is 0 Å². The lowest BCUT2D eigenvalue weighted by Gasteiger charge is -2.28. The highest BCUT2D eigenvalue weighted by Crippen LogP contribution is 2.33. The van der Waals surface area contributed by atoms with Gasteiger partial charge >= 0.3 is 0 Å². The third-order valence-corrected chi connectivity index (χ3v) is 3.07. The highest BCUT2D eigenvalue weighted by Gasteiger charge is 2.30. The zero-order valence-electron chi connectivity index (χ0n) is 6.52. The third-order valence-electron chi connectivity index (χ3n) is 2.40. The predicted molar refractivity (Wildman–Crippen MR) is 47.0 cm³/mol. The van der Waals surface area contributed by atoms with Crippen LogP contribution in [-0.4, -0.2) is 10.6 Å². The molecular formula is C8H12Cl2O. The average molecular weight is 195 g/mol. The Balaban J connectivity index is 2.50. The Bertz CT molecular complexity index is 158. The van der Waals surface area contributed by atoms with E-state index in [4.69, 9.17) is 23.2 Å². The maximum absolute atomic E-state index is 10.8. The van der Waals surface area contributed by atoms with E-state index >= 15 is 0 Å². The van der Waals surface area contributed by atoms with Crippen LogP contribution < -0.4 is 0 Å². The Labute approximate surface area is 77.1 Å². The second-order valence-electron chi connectivity index (χ2n) is 3.30. The molecule has 1 nitrogen and oxygen atoms in total. The van der Waals surface area contributed by atoms with E-state index in [9.17, 15) is 4.79 Å². The molecule has 0 amide bonds. The number of alkyl halides is 1. The van der Waals surface area contributed by atoms with Crippen molar-refractivity contribution < 1.29 is 4.79 Å². The number of carbonyl (C=O) groups is 1. The summed E-state index contributed by atoms with van der Waals surface area (Å²) >= 11 is 11.3. The quantitative estimate of drug-likeness (QED) is 0.464. The molecule has 0 heterocycles. The summed E-state index contributed by atoms with van der Waals surface area (Å²) in [5, 5.41) is 0.0540. The van der Waals surface area contributed by atoms with Gasteiger partial charge in [-0.15, -0.1) is 11.6 Å².